The SMILES string of the molecule is C[C@@H](Cc1cccc(CC(=O)NCc2ccc(-c3ccc(O)cc3)cc2)c1)NCC(O)c1ccc(N)nc1. The fourth-order valence-corrected chi connectivity index (χ4v) is 4.25. The Morgan fingerprint density at radius 3 is 2.29 bits per heavy atom. The highest BCUT2D eigenvalue weighted by Gasteiger charge is 2.11. The molecule has 2 atom stereocenters. The van der Waals surface area contributed by atoms with Crippen molar-refractivity contribution in [3.63, 3.8) is 0 Å². The van der Waals surface area contributed by atoms with Crippen molar-refractivity contribution in [3.8, 4) is 16.9 Å². The standard InChI is InChI=1S/C31H34N4O3/c1-21(33-20-29(37)27-11-14-30(32)34-19-27)15-23-3-2-4-24(16-23)17-31(38)35-18-22-5-7-25(8-6-22)26-9-12-28(36)13-10-26/h2-14,16,19,21,29,33,36-37H,15,17-18,20H2,1H3,(H2,32,34)(H,35,38)/t21-,29?/m0/s1. The lowest BCUT2D eigenvalue weighted by molar-refractivity contribution is -0.120. The number of carbonyl (C=O) groups is 1. The number of nitrogens with one attached hydrogen (secondary N) is 2. The summed E-state index contributed by atoms with van der Waals surface area (Å²) in [4.78, 5) is 16.6. The second kappa shape index (κ2) is 12.9. The minimum absolute atomic E-state index is 0.0313. The highest BCUT2D eigenvalue weighted by molar-refractivity contribution is 5.78. The van der Waals surface area contributed by atoms with Gasteiger partial charge in [0.1, 0.15) is 11.6 Å². The zero-order chi connectivity index (χ0) is 26.9. The molecule has 0 fully saturated rings. The first-order chi connectivity index (χ1) is 18.4. The molecule has 7 nitrogen and oxygen atoms in total. The number of amides is 1. The molecule has 38 heavy (non-hydrogen) atoms. The van der Waals surface area contributed by atoms with Gasteiger partial charge in [-0.15, -0.1) is 0 Å². The Morgan fingerprint density at radius 1 is 0.921 bits per heavy atom. The second-order valence-corrected chi connectivity index (χ2v) is 9.56. The van der Waals surface area contributed by atoms with Gasteiger partial charge in [0.15, 0.2) is 0 Å². The summed E-state index contributed by atoms with van der Waals surface area (Å²) in [5.41, 5.74) is 11.5. The third-order valence-corrected chi connectivity index (χ3v) is 6.40. The molecule has 4 aromatic rings. The molecule has 1 unspecified atom stereocenters. The van der Waals surface area contributed by atoms with Gasteiger partial charge in [-0.1, -0.05) is 66.7 Å². The lowest BCUT2D eigenvalue weighted by Gasteiger charge is -2.18. The van der Waals surface area contributed by atoms with Crippen molar-refractivity contribution in [2.75, 3.05) is 12.3 Å². The second-order valence-electron chi connectivity index (χ2n) is 9.56. The molecule has 4 rings (SSSR count). The van der Waals surface area contributed by atoms with Crippen LogP contribution >= 0.6 is 0 Å². The van der Waals surface area contributed by atoms with Crippen LogP contribution in [0.4, 0.5) is 5.82 Å². The van der Waals surface area contributed by atoms with Gasteiger partial charge in [0.05, 0.1) is 12.5 Å². The molecular weight excluding hydrogens is 476 g/mol. The van der Waals surface area contributed by atoms with Crippen molar-refractivity contribution in [1.29, 1.82) is 0 Å². The Morgan fingerprint density at radius 2 is 1.61 bits per heavy atom. The van der Waals surface area contributed by atoms with Gasteiger partial charge in [0.25, 0.3) is 0 Å². The van der Waals surface area contributed by atoms with Crippen molar-refractivity contribution >= 4 is 11.7 Å². The lowest BCUT2D eigenvalue weighted by atomic mass is 10.0. The van der Waals surface area contributed by atoms with Crippen LogP contribution in [0.2, 0.25) is 0 Å². The summed E-state index contributed by atoms with van der Waals surface area (Å²) in [7, 11) is 0. The number of nitrogens with zero attached hydrogens (tertiary/aromatic N) is 1. The maximum Gasteiger partial charge on any atom is 0.224 e. The minimum Gasteiger partial charge on any atom is -0.508 e. The number of hydrogen-bond donors (Lipinski definition) is 5. The summed E-state index contributed by atoms with van der Waals surface area (Å²) < 4.78 is 0. The van der Waals surface area contributed by atoms with Crippen molar-refractivity contribution in [2.45, 2.75) is 38.5 Å². The predicted octanol–water partition coefficient (Wildman–Crippen LogP) is 4.15. The maximum atomic E-state index is 12.6. The number of phenols is 1. The van der Waals surface area contributed by atoms with Crippen molar-refractivity contribution < 1.29 is 15.0 Å². The van der Waals surface area contributed by atoms with E-state index >= 15 is 0 Å². The van der Waals surface area contributed by atoms with E-state index in [9.17, 15) is 15.0 Å². The van der Waals surface area contributed by atoms with Crippen LogP contribution in [0.3, 0.4) is 0 Å². The van der Waals surface area contributed by atoms with Gasteiger partial charge >= 0.3 is 0 Å². The normalized spacial score (nSPS) is 12.6. The molecule has 0 aliphatic carbocycles. The van der Waals surface area contributed by atoms with Gasteiger partial charge in [-0.25, -0.2) is 4.98 Å². The van der Waals surface area contributed by atoms with Crippen LogP contribution in [-0.2, 0) is 24.2 Å². The maximum absolute atomic E-state index is 12.6. The summed E-state index contributed by atoms with van der Waals surface area (Å²) in [5, 5.41) is 26.2. The van der Waals surface area contributed by atoms with E-state index in [1.165, 1.54) is 0 Å². The number of nitrogens with two attached hydrogens (primary N) is 1. The smallest absolute Gasteiger partial charge is 0.224 e. The number of pyridine rings is 1. The van der Waals surface area contributed by atoms with E-state index in [0.29, 0.717) is 25.3 Å². The molecule has 0 saturated carbocycles. The number of aliphatic hydroxyl groups is 1. The average molecular weight is 511 g/mol. The van der Waals surface area contributed by atoms with Gasteiger partial charge < -0.3 is 26.6 Å². The molecule has 0 bridgehead atoms. The number of carbonyl (C=O) groups excluding carboxylic acids is 1. The van der Waals surface area contributed by atoms with Crippen molar-refractivity contribution in [1.82, 2.24) is 15.6 Å². The number of anilines is 1. The van der Waals surface area contributed by atoms with E-state index in [1.54, 1.807) is 30.5 Å². The molecule has 1 amide bonds. The number of aromatic nitrogens is 1. The zero-order valence-electron chi connectivity index (χ0n) is 21.5. The molecular formula is C31H34N4O3. The van der Waals surface area contributed by atoms with Gasteiger partial charge in [-0.2, -0.15) is 0 Å². The number of hydrogen-bond acceptors (Lipinski definition) is 6. The Bertz CT molecular complexity index is 1320. The summed E-state index contributed by atoms with van der Waals surface area (Å²) in [6.07, 6.45) is 2.01. The van der Waals surface area contributed by atoms with Crippen LogP contribution in [0.25, 0.3) is 11.1 Å². The van der Waals surface area contributed by atoms with Gasteiger partial charge in [-0.3, -0.25) is 4.79 Å². The topological polar surface area (TPSA) is 120 Å². The van der Waals surface area contributed by atoms with Gasteiger partial charge in [-0.05, 0) is 59.4 Å². The van der Waals surface area contributed by atoms with Crippen molar-refractivity contribution in [2.24, 2.45) is 0 Å². The Balaban J connectivity index is 1.23. The predicted molar refractivity (Wildman–Crippen MR) is 150 cm³/mol. The highest BCUT2D eigenvalue weighted by atomic mass is 16.3. The van der Waals surface area contributed by atoms with Gasteiger partial charge in [0.2, 0.25) is 5.91 Å². The molecule has 196 valence electrons. The Labute approximate surface area is 223 Å². The van der Waals surface area contributed by atoms with Gasteiger partial charge in [0, 0.05) is 30.9 Å². The number of benzene rings is 3. The van der Waals surface area contributed by atoms with E-state index in [4.69, 9.17) is 5.73 Å². The number of aliphatic hydroxyl groups excluding tert-OH is 1. The molecule has 1 heterocycles. The van der Waals surface area contributed by atoms with E-state index in [1.807, 2.05) is 48.5 Å². The highest BCUT2D eigenvalue weighted by Crippen LogP contribution is 2.22. The van der Waals surface area contributed by atoms with Crippen LogP contribution in [0.1, 0.15) is 35.3 Å². The molecule has 0 aliphatic rings. The van der Waals surface area contributed by atoms with Crippen LogP contribution in [0, 0.1) is 0 Å². The first-order valence-corrected chi connectivity index (χ1v) is 12.7. The van der Waals surface area contributed by atoms with E-state index in [-0.39, 0.29) is 17.7 Å². The summed E-state index contributed by atoms with van der Waals surface area (Å²) in [6.45, 7) is 2.94. The molecule has 6 N–H and O–H groups in total. The zero-order valence-corrected chi connectivity index (χ0v) is 21.5. The Hall–Kier alpha value is -4.20. The summed E-state index contributed by atoms with van der Waals surface area (Å²) in [6, 6.07) is 26.8. The molecule has 0 saturated heterocycles. The minimum atomic E-state index is -0.662. The monoisotopic (exact) mass is 510 g/mol. The van der Waals surface area contributed by atoms with Crippen LogP contribution in [-0.4, -0.2) is 33.7 Å². The number of phenolic OH excluding ortho intramolecular Hbond substituents is 1. The first kappa shape index (κ1) is 26.9. The third kappa shape index (κ3) is 7.90. The Kier molecular flexibility index (Phi) is 9.08. The van der Waals surface area contributed by atoms with E-state index in [2.05, 4.69) is 34.7 Å². The number of nitrogen functional groups attached to an aromatic ring is 1. The fourth-order valence-electron chi connectivity index (χ4n) is 4.25. The summed E-state index contributed by atoms with van der Waals surface area (Å²) >= 11 is 0. The first-order valence-electron chi connectivity index (χ1n) is 12.7. The molecule has 0 radical (unpaired) electrons. The molecule has 0 aliphatic heterocycles. The largest absolute Gasteiger partial charge is 0.508 e. The summed E-state index contributed by atoms with van der Waals surface area (Å²) in [5.74, 6) is 0.639. The molecule has 1 aromatic heterocycles. The number of rotatable bonds is 11. The van der Waals surface area contributed by atoms with Crippen LogP contribution in [0.15, 0.2) is 91.1 Å². The van der Waals surface area contributed by atoms with Crippen molar-refractivity contribution in [3.05, 3.63) is 113 Å². The molecule has 7 heteroatoms. The quantitative estimate of drug-likeness (QED) is 0.207. The number of aromatic hydroxyl groups is 1. The van der Waals surface area contributed by atoms with E-state index < -0.39 is 6.10 Å². The third-order valence-electron chi connectivity index (χ3n) is 6.40. The fraction of sp³-hybridized carbons (Fsp3) is 0.226. The molecule has 0 spiro atoms. The van der Waals surface area contributed by atoms with Crippen LogP contribution in [0.5, 0.6) is 5.75 Å². The lowest BCUT2D eigenvalue weighted by Crippen LogP contribution is -2.32. The molecule has 3 aromatic carbocycles. The average Bonchev–Trinajstić information content (AvgIpc) is 2.92. The van der Waals surface area contributed by atoms with Crippen LogP contribution < -0.4 is 16.4 Å². The van der Waals surface area contributed by atoms with E-state index in [0.717, 1.165) is 39.8 Å².